The minimum Gasteiger partial charge on any atom is -0.280 e. The maximum absolute atomic E-state index is 12.3. The number of aromatic nitrogens is 3. The molecule has 120 valence electrons. The van der Waals surface area contributed by atoms with Gasteiger partial charge in [0.1, 0.15) is 0 Å². The van der Waals surface area contributed by atoms with Gasteiger partial charge in [0.2, 0.25) is 0 Å². The standard InChI is InChI=1S/C14H20N4O3S/c1-2-7-16(12-6-9-22(20,21)10-12)11-18-14(19)17-8-4-3-5-13(17)15-18/h3-5,8,12H,2,6-7,9-11H2,1H3. The van der Waals surface area contributed by atoms with E-state index in [1.54, 1.807) is 18.3 Å². The molecule has 0 bridgehead atoms. The summed E-state index contributed by atoms with van der Waals surface area (Å²) in [5.74, 6) is 0.410. The third-order valence-corrected chi connectivity index (χ3v) is 5.79. The Bertz CT molecular complexity index is 824. The molecule has 0 aromatic carbocycles. The fourth-order valence-corrected chi connectivity index (χ4v) is 4.71. The van der Waals surface area contributed by atoms with Gasteiger partial charge in [0.25, 0.3) is 0 Å². The van der Waals surface area contributed by atoms with Gasteiger partial charge in [-0.1, -0.05) is 13.0 Å². The Morgan fingerprint density at radius 2 is 2.23 bits per heavy atom. The molecule has 0 spiro atoms. The van der Waals surface area contributed by atoms with Crippen LogP contribution in [0.4, 0.5) is 0 Å². The second kappa shape index (κ2) is 5.85. The summed E-state index contributed by atoms with van der Waals surface area (Å²) in [5, 5.41) is 4.32. The van der Waals surface area contributed by atoms with Crippen LogP contribution < -0.4 is 5.69 Å². The Morgan fingerprint density at radius 3 is 2.86 bits per heavy atom. The van der Waals surface area contributed by atoms with Crippen LogP contribution in [0.5, 0.6) is 0 Å². The fourth-order valence-electron chi connectivity index (χ4n) is 2.95. The molecule has 22 heavy (non-hydrogen) atoms. The molecule has 3 rings (SSSR count). The molecule has 8 heteroatoms. The molecule has 1 aliphatic rings. The Kier molecular flexibility index (Phi) is 4.05. The van der Waals surface area contributed by atoms with E-state index in [2.05, 4.69) is 10.00 Å². The molecule has 0 saturated carbocycles. The number of rotatable bonds is 5. The molecule has 7 nitrogen and oxygen atoms in total. The smallest absolute Gasteiger partial charge is 0.280 e. The van der Waals surface area contributed by atoms with Crippen LogP contribution in [-0.2, 0) is 16.5 Å². The van der Waals surface area contributed by atoms with Crippen LogP contribution >= 0.6 is 0 Å². The Morgan fingerprint density at radius 1 is 1.41 bits per heavy atom. The van der Waals surface area contributed by atoms with Gasteiger partial charge in [0.15, 0.2) is 15.5 Å². The van der Waals surface area contributed by atoms with Gasteiger partial charge in [-0.15, -0.1) is 5.10 Å². The zero-order valence-corrected chi connectivity index (χ0v) is 13.4. The first kappa shape index (κ1) is 15.2. The van der Waals surface area contributed by atoms with Crippen molar-refractivity contribution in [2.45, 2.75) is 32.5 Å². The summed E-state index contributed by atoms with van der Waals surface area (Å²) >= 11 is 0. The van der Waals surface area contributed by atoms with Crippen molar-refractivity contribution < 1.29 is 8.42 Å². The molecule has 3 heterocycles. The lowest BCUT2D eigenvalue weighted by molar-refractivity contribution is 0.154. The lowest BCUT2D eigenvalue weighted by Gasteiger charge is -2.26. The van der Waals surface area contributed by atoms with Crippen molar-refractivity contribution in [3.63, 3.8) is 0 Å². The summed E-state index contributed by atoms with van der Waals surface area (Å²) < 4.78 is 26.3. The minimum atomic E-state index is -2.94. The Labute approximate surface area is 129 Å². The summed E-state index contributed by atoms with van der Waals surface area (Å²) in [6.45, 7) is 3.12. The van der Waals surface area contributed by atoms with Gasteiger partial charge in [-0.05, 0) is 31.5 Å². The van der Waals surface area contributed by atoms with Crippen molar-refractivity contribution in [3.8, 4) is 0 Å². The van der Waals surface area contributed by atoms with E-state index in [0.717, 1.165) is 13.0 Å². The molecule has 0 amide bonds. The molecular weight excluding hydrogens is 304 g/mol. The number of nitrogens with zero attached hydrogens (tertiary/aromatic N) is 4. The van der Waals surface area contributed by atoms with Crippen molar-refractivity contribution in [1.29, 1.82) is 0 Å². The van der Waals surface area contributed by atoms with Crippen molar-refractivity contribution in [1.82, 2.24) is 19.1 Å². The lowest BCUT2D eigenvalue weighted by Crippen LogP contribution is -2.41. The van der Waals surface area contributed by atoms with Crippen LogP contribution in [0.1, 0.15) is 19.8 Å². The molecule has 2 aromatic rings. The van der Waals surface area contributed by atoms with Gasteiger partial charge in [-0.3, -0.25) is 9.30 Å². The molecular formula is C14H20N4O3S. The maximum atomic E-state index is 12.3. The van der Waals surface area contributed by atoms with E-state index in [9.17, 15) is 13.2 Å². The van der Waals surface area contributed by atoms with Crippen LogP contribution in [0.2, 0.25) is 0 Å². The summed E-state index contributed by atoms with van der Waals surface area (Å²) in [5.41, 5.74) is 0.403. The average Bonchev–Trinajstić information content (AvgIpc) is 3.00. The van der Waals surface area contributed by atoms with Gasteiger partial charge in [-0.2, -0.15) is 4.68 Å². The van der Waals surface area contributed by atoms with Crippen molar-refractivity contribution in [2.75, 3.05) is 18.1 Å². The van der Waals surface area contributed by atoms with E-state index in [1.165, 1.54) is 9.08 Å². The van der Waals surface area contributed by atoms with Gasteiger partial charge >= 0.3 is 5.69 Å². The number of hydrogen-bond donors (Lipinski definition) is 0. The van der Waals surface area contributed by atoms with Crippen LogP contribution in [0.3, 0.4) is 0 Å². The van der Waals surface area contributed by atoms with Crippen LogP contribution in [0.15, 0.2) is 29.2 Å². The quantitative estimate of drug-likeness (QED) is 0.793. The fraction of sp³-hybridized carbons (Fsp3) is 0.571. The largest absolute Gasteiger partial charge is 0.351 e. The highest BCUT2D eigenvalue weighted by Gasteiger charge is 2.32. The van der Waals surface area contributed by atoms with Gasteiger partial charge in [0, 0.05) is 12.2 Å². The first-order valence-electron chi connectivity index (χ1n) is 7.49. The molecule has 0 aliphatic carbocycles. The second-order valence-electron chi connectivity index (χ2n) is 5.72. The summed E-state index contributed by atoms with van der Waals surface area (Å²) in [6, 6.07) is 5.37. The van der Waals surface area contributed by atoms with E-state index < -0.39 is 9.84 Å². The lowest BCUT2D eigenvalue weighted by atomic mass is 10.2. The third kappa shape index (κ3) is 2.93. The summed E-state index contributed by atoms with van der Waals surface area (Å²) in [7, 11) is -2.94. The number of sulfone groups is 1. The van der Waals surface area contributed by atoms with Gasteiger partial charge < -0.3 is 0 Å². The van der Waals surface area contributed by atoms with E-state index in [4.69, 9.17) is 0 Å². The predicted octanol–water partition coefficient (Wildman–Crippen LogP) is 0.353. The SMILES string of the molecule is CCCN(Cn1nc2ccccn2c1=O)C1CCS(=O)(=O)C1. The van der Waals surface area contributed by atoms with Crippen LogP contribution in [0.25, 0.3) is 5.65 Å². The van der Waals surface area contributed by atoms with Crippen LogP contribution in [-0.4, -0.2) is 51.6 Å². The first-order chi connectivity index (χ1) is 10.5. The monoisotopic (exact) mass is 324 g/mol. The second-order valence-corrected chi connectivity index (χ2v) is 7.95. The molecule has 2 aromatic heterocycles. The molecule has 1 aliphatic heterocycles. The van der Waals surface area contributed by atoms with Gasteiger partial charge in [0.05, 0.1) is 18.2 Å². The van der Waals surface area contributed by atoms with Crippen molar-refractivity contribution in [2.24, 2.45) is 0 Å². The highest BCUT2D eigenvalue weighted by molar-refractivity contribution is 7.91. The highest BCUT2D eigenvalue weighted by atomic mass is 32.2. The molecule has 0 N–H and O–H groups in total. The Hall–Kier alpha value is -1.67. The maximum Gasteiger partial charge on any atom is 0.351 e. The van der Waals surface area contributed by atoms with E-state index in [0.29, 0.717) is 18.7 Å². The van der Waals surface area contributed by atoms with E-state index >= 15 is 0 Å². The Balaban J connectivity index is 1.87. The van der Waals surface area contributed by atoms with Crippen molar-refractivity contribution in [3.05, 3.63) is 34.9 Å². The van der Waals surface area contributed by atoms with E-state index in [-0.39, 0.29) is 23.2 Å². The number of hydrogen-bond acceptors (Lipinski definition) is 5. The van der Waals surface area contributed by atoms with Crippen LogP contribution in [0, 0.1) is 0 Å². The molecule has 1 saturated heterocycles. The molecule has 1 fully saturated rings. The van der Waals surface area contributed by atoms with Crippen molar-refractivity contribution >= 4 is 15.5 Å². The minimum absolute atomic E-state index is 0.0262. The molecule has 1 unspecified atom stereocenters. The van der Waals surface area contributed by atoms with E-state index in [1.807, 2.05) is 13.0 Å². The summed E-state index contributed by atoms with van der Waals surface area (Å²) in [4.78, 5) is 14.4. The third-order valence-electron chi connectivity index (χ3n) is 4.04. The number of fused-ring (bicyclic) bond motifs is 1. The van der Waals surface area contributed by atoms with Gasteiger partial charge in [-0.25, -0.2) is 13.2 Å². The predicted molar refractivity (Wildman–Crippen MR) is 83.5 cm³/mol. The average molecular weight is 324 g/mol. The zero-order valence-electron chi connectivity index (χ0n) is 12.6. The topological polar surface area (TPSA) is 76.7 Å². The zero-order chi connectivity index (χ0) is 15.7. The highest BCUT2D eigenvalue weighted by Crippen LogP contribution is 2.18. The summed E-state index contributed by atoms with van der Waals surface area (Å²) in [6.07, 6.45) is 3.22. The normalized spacial score (nSPS) is 20.9. The molecule has 0 radical (unpaired) electrons. The first-order valence-corrected chi connectivity index (χ1v) is 9.31. The molecule has 1 atom stereocenters. The number of pyridine rings is 1.